The van der Waals surface area contributed by atoms with Crippen LogP contribution in [0.4, 0.5) is 5.95 Å². The van der Waals surface area contributed by atoms with Crippen molar-refractivity contribution in [2.24, 2.45) is 0 Å². The average molecular weight is 421 g/mol. The van der Waals surface area contributed by atoms with Crippen LogP contribution < -0.4 is 10.1 Å². The van der Waals surface area contributed by atoms with E-state index in [-0.39, 0.29) is 11.8 Å². The molecule has 0 fully saturated rings. The van der Waals surface area contributed by atoms with Crippen LogP contribution in [0.1, 0.15) is 30.9 Å². The smallest absolute Gasteiger partial charge is 0.227 e. The molecule has 8 heteroatoms. The van der Waals surface area contributed by atoms with Gasteiger partial charge in [-0.25, -0.2) is 4.68 Å². The number of allylic oxidation sites excluding steroid dienone is 2. The van der Waals surface area contributed by atoms with Gasteiger partial charge in [-0.2, -0.15) is 4.98 Å². The molecule has 1 N–H and O–H groups in total. The number of nitrogens with zero attached hydrogens (tertiary/aromatic N) is 3. The largest absolute Gasteiger partial charge is 0.496 e. The maximum Gasteiger partial charge on any atom is 0.227 e. The van der Waals surface area contributed by atoms with Gasteiger partial charge in [0.15, 0.2) is 5.78 Å². The number of nitrogens with one attached hydrogen (secondary N) is 1. The molecule has 25 heavy (non-hydrogen) atoms. The van der Waals surface area contributed by atoms with E-state index in [1.807, 2.05) is 29.1 Å². The molecular formula is C17H17BrN4O2S. The van der Waals surface area contributed by atoms with Crippen molar-refractivity contribution in [2.75, 3.05) is 18.7 Å². The third-order valence-corrected chi connectivity index (χ3v) is 5.68. The highest BCUT2D eigenvalue weighted by Crippen LogP contribution is 2.41. The lowest BCUT2D eigenvalue weighted by Gasteiger charge is -2.32. The molecule has 0 bridgehead atoms. The van der Waals surface area contributed by atoms with Crippen LogP contribution in [0.5, 0.6) is 5.75 Å². The Morgan fingerprint density at radius 1 is 1.40 bits per heavy atom. The predicted molar refractivity (Wildman–Crippen MR) is 100 cm³/mol. The van der Waals surface area contributed by atoms with Crippen LogP contribution in [0.2, 0.25) is 0 Å². The van der Waals surface area contributed by atoms with E-state index < -0.39 is 0 Å². The van der Waals surface area contributed by atoms with Crippen LogP contribution in [-0.2, 0) is 4.79 Å². The van der Waals surface area contributed by atoms with E-state index in [9.17, 15) is 4.79 Å². The SMILES string of the molecule is COc1ccc([C@@H]2C3=C(CCCC3=O)Nc3nc(SC)nn32)cc1Br. The number of fused-ring (bicyclic) bond motifs is 1. The lowest BCUT2D eigenvalue weighted by Crippen LogP contribution is -2.31. The maximum absolute atomic E-state index is 12.7. The molecule has 0 saturated carbocycles. The topological polar surface area (TPSA) is 69.0 Å². The summed E-state index contributed by atoms with van der Waals surface area (Å²) in [5, 5.41) is 8.60. The molecular weight excluding hydrogens is 404 g/mol. The van der Waals surface area contributed by atoms with Crippen molar-refractivity contribution in [1.82, 2.24) is 14.8 Å². The molecule has 6 nitrogen and oxygen atoms in total. The maximum atomic E-state index is 12.7. The van der Waals surface area contributed by atoms with Gasteiger partial charge in [0.05, 0.1) is 11.6 Å². The Morgan fingerprint density at radius 2 is 2.24 bits per heavy atom. The zero-order chi connectivity index (χ0) is 17.6. The first kappa shape index (κ1) is 16.7. The Balaban J connectivity index is 1.90. The number of ether oxygens (including phenoxy) is 1. The second-order valence-electron chi connectivity index (χ2n) is 5.96. The number of hydrogen-bond donors (Lipinski definition) is 1. The van der Waals surface area contributed by atoms with Gasteiger partial charge in [0.2, 0.25) is 11.1 Å². The minimum Gasteiger partial charge on any atom is -0.496 e. The number of hydrogen-bond acceptors (Lipinski definition) is 6. The summed E-state index contributed by atoms with van der Waals surface area (Å²) in [6.07, 6.45) is 4.25. The van der Waals surface area contributed by atoms with Crippen LogP contribution in [0.3, 0.4) is 0 Å². The van der Waals surface area contributed by atoms with Gasteiger partial charge in [0.25, 0.3) is 0 Å². The summed E-state index contributed by atoms with van der Waals surface area (Å²) in [6.45, 7) is 0. The number of methoxy groups -OCH3 is 1. The molecule has 4 rings (SSSR count). The fraction of sp³-hybridized carbons (Fsp3) is 0.353. The van der Waals surface area contributed by atoms with Gasteiger partial charge in [0.1, 0.15) is 11.8 Å². The van der Waals surface area contributed by atoms with E-state index in [0.29, 0.717) is 17.5 Å². The second kappa shape index (κ2) is 6.49. The zero-order valence-corrected chi connectivity index (χ0v) is 16.3. The molecule has 2 aliphatic rings. The molecule has 0 unspecified atom stereocenters. The Kier molecular flexibility index (Phi) is 4.33. The third-order valence-electron chi connectivity index (χ3n) is 4.52. The number of anilines is 1. The first-order chi connectivity index (χ1) is 12.1. The van der Waals surface area contributed by atoms with Crippen molar-refractivity contribution >= 4 is 39.4 Å². The lowest BCUT2D eigenvalue weighted by molar-refractivity contribution is -0.116. The number of thioether (sulfide) groups is 1. The lowest BCUT2D eigenvalue weighted by atomic mass is 9.85. The Labute approximate surface area is 158 Å². The van der Waals surface area contributed by atoms with Crippen LogP contribution in [0, 0.1) is 0 Å². The van der Waals surface area contributed by atoms with E-state index in [1.165, 1.54) is 11.8 Å². The quantitative estimate of drug-likeness (QED) is 0.761. The molecule has 130 valence electrons. The molecule has 1 atom stereocenters. The second-order valence-corrected chi connectivity index (χ2v) is 7.58. The Bertz CT molecular complexity index is 893. The van der Waals surface area contributed by atoms with E-state index in [2.05, 4.69) is 31.3 Å². The van der Waals surface area contributed by atoms with Crippen molar-refractivity contribution in [3.63, 3.8) is 0 Å². The van der Waals surface area contributed by atoms with Crippen LogP contribution in [0.25, 0.3) is 0 Å². The minimum absolute atomic E-state index is 0.178. The monoisotopic (exact) mass is 420 g/mol. The first-order valence-electron chi connectivity index (χ1n) is 7.99. The fourth-order valence-corrected chi connectivity index (χ4v) is 4.29. The number of aromatic nitrogens is 3. The summed E-state index contributed by atoms with van der Waals surface area (Å²) in [7, 11) is 1.63. The summed E-state index contributed by atoms with van der Waals surface area (Å²) < 4.78 is 8.00. The number of benzene rings is 1. The summed E-state index contributed by atoms with van der Waals surface area (Å²) in [6, 6.07) is 5.61. The highest BCUT2D eigenvalue weighted by molar-refractivity contribution is 9.10. The molecule has 0 radical (unpaired) electrons. The third kappa shape index (κ3) is 2.77. The summed E-state index contributed by atoms with van der Waals surface area (Å²) >= 11 is 5.03. The number of ketones is 1. The molecule has 2 aromatic rings. The van der Waals surface area contributed by atoms with E-state index in [1.54, 1.807) is 7.11 Å². The molecule has 0 amide bonds. The van der Waals surface area contributed by atoms with E-state index in [0.717, 1.165) is 39.9 Å². The van der Waals surface area contributed by atoms with Gasteiger partial charge < -0.3 is 10.1 Å². The van der Waals surface area contributed by atoms with Crippen molar-refractivity contribution in [2.45, 2.75) is 30.5 Å². The molecule has 0 saturated heterocycles. The average Bonchev–Trinajstić information content (AvgIpc) is 3.03. The van der Waals surface area contributed by atoms with Crippen LogP contribution >= 0.6 is 27.7 Å². The number of carbonyl (C=O) groups is 1. The van der Waals surface area contributed by atoms with Gasteiger partial charge in [0, 0.05) is 17.7 Å². The van der Waals surface area contributed by atoms with E-state index >= 15 is 0 Å². The Hall–Kier alpha value is -1.80. The standard InChI is InChI=1S/C17H17BrN4O2S/c1-24-13-7-6-9(8-10(13)18)15-14-11(4-3-5-12(14)23)19-16-20-17(25-2)21-22(15)16/h6-8,15H,3-5H2,1-2H3,(H,19,20,21)/t15-/m1/s1. The molecule has 0 spiro atoms. The molecule has 1 aromatic heterocycles. The summed E-state index contributed by atoms with van der Waals surface area (Å²) in [5.74, 6) is 1.62. The van der Waals surface area contributed by atoms with Crippen LogP contribution in [-0.4, -0.2) is 33.9 Å². The minimum atomic E-state index is -0.269. The molecule has 1 aliphatic carbocycles. The highest BCUT2D eigenvalue weighted by atomic mass is 79.9. The molecule has 1 aromatic carbocycles. The van der Waals surface area contributed by atoms with E-state index in [4.69, 9.17) is 4.74 Å². The number of carbonyl (C=O) groups excluding carboxylic acids is 1. The van der Waals surface area contributed by atoms with Gasteiger partial charge >= 0.3 is 0 Å². The van der Waals surface area contributed by atoms with Gasteiger partial charge in [-0.3, -0.25) is 4.79 Å². The van der Waals surface area contributed by atoms with Crippen molar-refractivity contribution in [3.05, 3.63) is 39.5 Å². The normalized spacial score (nSPS) is 19.3. The zero-order valence-electron chi connectivity index (χ0n) is 13.9. The first-order valence-corrected chi connectivity index (χ1v) is 10.0. The summed E-state index contributed by atoms with van der Waals surface area (Å²) in [4.78, 5) is 17.2. The van der Waals surface area contributed by atoms with Crippen LogP contribution in [0.15, 0.2) is 39.1 Å². The molecule has 2 heterocycles. The number of rotatable bonds is 3. The van der Waals surface area contributed by atoms with Gasteiger partial charge in [-0.15, -0.1) is 5.10 Å². The fourth-order valence-electron chi connectivity index (χ4n) is 3.38. The van der Waals surface area contributed by atoms with Gasteiger partial charge in [-0.1, -0.05) is 17.8 Å². The number of halogens is 1. The highest BCUT2D eigenvalue weighted by Gasteiger charge is 2.36. The van der Waals surface area contributed by atoms with Crippen molar-refractivity contribution < 1.29 is 9.53 Å². The summed E-state index contributed by atoms with van der Waals surface area (Å²) in [5.41, 5.74) is 2.75. The molecule has 1 aliphatic heterocycles. The van der Waals surface area contributed by atoms with Gasteiger partial charge in [-0.05, 0) is 52.7 Å². The predicted octanol–water partition coefficient (Wildman–Crippen LogP) is 3.79. The van der Waals surface area contributed by atoms with Crippen molar-refractivity contribution in [3.8, 4) is 5.75 Å². The number of Topliss-reactive ketones (excluding diaryl/α,β-unsaturated/α-hetero) is 1. The van der Waals surface area contributed by atoms with Crippen molar-refractivity contribution in [1.29, 1.82) is 0 Å². The Morgan fingerprint density at radius 3 is 2.96 bits per heavy atom.